The summed E-state index contributed by atoms with van der Waals surface area (Å²) >= 11 is 0. The number of nitrogens with zero attached hydrogens (tertiary/aromatic N) is 2. The van der Waals surface area contributed by atoms with Crippen molar-refractivity contribution in [2.45, 2.75) is 37.8 Å². The Hall–Kier alpha value is -2.21. The molecule has 2 aromatic rings. The highest BCUT2D eigenvalue weighted by Gasteiger charge is 2.43. The molecule has 3 atom stereocenters. The van der Waals surface area contributed by atoms with Crippen LogP contribution in [0.5, 0.6) is 0 Å². The molecule has 0 saturated carbocycles. The second-order valence-corrected chi connectivity index (χ2v) is 6.79. The molecule has 1 amide bonds. The second-order valence-electron chi connectivity index (χ2n) is 6.79. The quantitative estimate of drug-likeness (QED) is 0.909. The van der Waals surface area contributed by atoms with Crippen LogP contribution in [0.25, 0.3) is 11.3 Å². The zero-order valence-corrected chi connectivity index (χ0v) is 13.3. The zero-order valence-electron chi connectivity index (χ0n) is 13.3. The van der Waals surface area contributed by atoms with Crippen molar-refractivity contribution >= 4 is 5.91 Å². The molecule has 0 aliphatic carbocycles. The molecule has 2 fully saturated rings. The van der Waals surface area contributed by atoms with Crippen LogP contribution in [0.3, 0.4) is 0 Å². The number of fused-ring (bicyclic) bond motifs is 2. The third-order valence-corrected chi connectivity index (χ3v) is 5.31. The van der Waals surface area contributed by atoms with E-state index in [1.807, 2.05) is 4.90 Å². The molecule has 2 N–H and O–H groups in total. The van der Waals surface area contributed by atoms with Gasteiger partial charge < -0.3 is 10.0 Å². The molecule has 4 rings (SSSR count). The maximum atomic E-state index is 13.5. The van der Waals surface area contributed by atoms with E-state index in [-0.39, 0.29) is 30.4 Å². The molecule has 0 radical (unpaired) electrons. The van der Waals surface area contributed by atoms with Crippen LogP contribution >= 0.6 is 0 Å². The van der Waals surface area contributed by atoms with Gasteiger partial charge >= 0.3 is 0 Å². The molecule has 6 heteroatoms. The summed E-state index contributed by atoms with van der Waals surface area (Å²) in [6, 6.07) is 6.53. The Morgan fingerprint density at radius 1 is 1.33 bits per heavy atom. The van der Waals surface area contributed by atoms with Crippen LogP contribution in [0.4, 0.5) is 4.39 Å². The first-order chi connectivity index (χ1) is 11.7. The Morgan fingerprint density at radius 3 is 2.75 bits per heavy atom. The molecule has 2 aliphatic heterocycles. The van der Waals surface area contributed by atoms with E-state index in [1.54, 1.807) is 12.1 Å². The maximum Gasteiger partial charge on any atom is 0.258 e. The number of aromatic nitrogens is 2. The Kier molecular flexibility index (Phi) is 3.84. The van der Waals surface area contributed by atoms with Gasteiger partial charge in [-0.05, 0) is 43.7 Å². The third-order valence-electron chi connectivity index (χ3n) is 5.31. The van der Waals surface area contributed by atoms with Crippen molar-refractivity contribution in [1.82, 2.24) is 15.1 Å². The van der Waals surface area contributed by atoms with Crippen molar-refractivity contribution in [3.8, 4) is 11.3 Å². The summed E-state index contributed by atoms with van der Waals surface area (Å²) in [4.78, 5) is 15.1. The number of carbonyl (C=O) groups excluding carboxylic acids is 1. The number of aliphatic hydroxyl groups is 1. The van der Waals surface area contributed by atoms with Crippen molar-refractivity contribution in [2.24, 2.45) is 5.92 Å². The van der Waals surface area contributed by atoms with Gasteiger partial charge in [0.15, 0.2) is 0 Å². The van der Waals surface area contributed by atoms with Gasteiger partial charge in [-0.15, -0.1) is 0 Å². The predicted molar refractivity (Wildman–Crippen MR) is 86.8 cm³/mol. The van der Waals surface area contributed by atoms with E-state index in [9.17, 15) is 14.3 Å². The fourth-order valence-corrected chi connectivity index (χ4v) is 4.22. The number of carbonyl (C=O) groups is 1. The summed E-state index contributed by atoms with van der Waals surface area (Å²) < 4.78 is 13.5. The molecule has 2 aliphatic rings. The molecule has 5 nitrogen and oxygen atoms in total. The van der Waals surface area contributed by atoms with E-state index in [4.69, 9.17) is 0 Å². The number of benzene rings is 1. The molecule has 2 saturated heterocycles. The van der Waals surface area contributed by atoms with E-state index in [0.29, 0.717) is 22.7 Å². The normalized spacial score (nSPS) is 25.9. The number of halogens is 1. The van der Waals surface area contributed by atoms with Crippen molar-refractivity contribution in [1.29, 1.82) is 0 Å². The van der Waals surface area contributed by atoms with Crippen molar-refractivity contribution in [3.63, 3.8) is 0 Å². The highest BCUT2D eigenvalue weighted by atomic mass is 19.1. The van der Waals surface area contributed by atoms with Crippen LogP contribution < -0.4 is 0 Å². The molecule has 24 heavy (non-hydrogen) atoms. The minimum absolute atomic E-state index is 0.0492. The number of piperidine rings is 1. The van der Waals surface area contributed by atoms with Gasteiger partial charge in [-0.1, -0.05) is 12.1 Å². The molecule has 126 valence electrons. The maximum absolute atomic E-state index is 13.5. The van der Waals surface area contributed by atoms with Gasteiger partial charge in [0.1, 0.15) is 5.82 Å². The smallest absolute Gasteiger partial charge is 0.258 e. The molecular weight excluding hydrogens is 309 g/mol. The number of hydrogen-bond acceptors (Lipinski definition) is 3. The molecule has 1 unspecified atom stereocenters. The van der Waals surface area contributed by atoms with E-state index >= 15 is 0 Å². The number of rotatable bonds is 3. The standard InChI is InChI=1S/C18H20FN3O2/c19-13-3-1-2-12(8-13)17-16(9-20-21-17)18(24)22-14-4-5-15(22)7-11(6-14)10-23/h1-3,8-9,11,14-15,23H,4-7,10H2,(H,20,21)/t11?,14-,15+. The van der Waals surface area contributed by atoms with Gasteiger partial charge in [0.2, 0.25) is 0 Å². The minimum Gasteiger partial charge on any atom is -0.396 e. The van der Waals surface area contributed by atoms with Gasteiger partial charge in [0, 0.05) is 24.3 Å². The molecule has 3 heterocycles. The second kappa shape index (κ2) is 6.02. The lowest BCUT2D eigenvalue weighted by Gasteiger charge is -2.38. The number of aromatic amines is 1. The Labute approximate surface area is 139 Å². The van der Waals surface area contributed by atoms with E-state index in [1.165, 1.54) is 18.3 Å². The van der Waals surface area contributed by atoms with Gasteiger partial charge in [-0.25, -0.2) is 4.39 Å². The average molecular weight is 329 g/mol. The Balaban J connectivity index is 1.64. The highest BCUT2D eigenvalue weighted by molar-refractivity contribution is 6.00. The largest absolute Gasteiger partial charge is 0.396 e. The topological polar surface area (TPSA) is 69.2 Å². The van der Waals surface area contributed by atoms with Crippen LogP contribution in [0.15, 0.2) is 30.5 Å². The summed E-state index contributed by atoms with van der Waals surface area (Å²) in [5, 5.41) is 16.3. The van der Waals surface area contributed by atoms with Crippen molar-refractivity contribution < 1.29 is 14.3 Å². The SMILES string of the molecule is O=C(c1cn[nH]c1-c1cccc(F)c1)N1[C@@H]2CC[C@H]1CC(CO)C2. The van der Waals surface area contributed by atoms with E-state index in [2.05, 4.69) is 10.2 Å². The van der Waals surface area contributed by atoms with E-state index < -0.39 is 0 Å². The summed E-state index contributed by atoms with van der Waals surface area (Å²) in [7, 11) is 0. The highest BCUT2D eigenvalue weighted by Crippen LogP contribution is 2.40. The first-order valence-corrected chi connectivity index (χ1v) is 8.40. The average Bonchev–Trinajstić information content (AvgIpc) is 3.17. The first-order valence-electron chi connectivity index (χ1n) is 8.40. The molecule has 1 aromatic heterocycles. The van der Waals surface area contributed by atoms with Crippen molar-refractivity contribution in [2.75, 3.05) is 6.61 Å². The van der Waals surface area contributed by atoms with Crippen molar-refractivity contribution in [3.05, 3.63) is 41.8 Å². The lowest BCUT2D eigenvalue weighted by molar-refractivity contribution is 0.0454. The van der Waals surface area contributed by atoms with Gasteiger partial charge in [0.25, 0.3) is 5.91 Å². The Bertz CT molecular complexity index is 746. The fourth-order valence-electron chi connectivity index (χ4n) is 4.22. The van der Waals surface area contributed by atoms with E-state index in [0.717, 1.165) is 25.7 Å². The molecule has 2 bridgehead atoms. The molecular formula is C18H20FN3O2. The monoisotopic (exact) mass is 329 g/mol. The fraction of sp³-hybridized carbons (Fsp3) is 0.444. The third kappa shape index (κ3) is 2.51. The molecule has 0 spiro atoms. The first kappa shape index (κ1) is 15.3. The zero-order chi connectivity index (χ0) is 16.7. The van der Waals surface area contributed by atoms with Crippen LogP contribution in [0.2, 0.25) is 0 Å². The summed E-state index contributed by atoms with van der Waals surface area (Å²) in [5.74, 6) is -0.102. The minimum atomic E-state index is -0.343. The number of hydrogen-bond donors (Lipinski definition) is 2. The number of amides is 1. The molecule has 1 aromatic carbocycles. The van der Waals surface area contributed by atoms with Crippen LogP contribution in [0.1, 0.15) is 36.0 Å². The lowest BCUT2D eigenvalue weighted by Crippen LogP contribution is -2.47. The number of H-pyrrole nitrogens is 1. The van der Waals surface area contributed by atoms with Gasteiger partial charge in [0.05, 0.1) is 17.5 Å². The van der Waals surface area contributed by atoms with Crippen LogP contribution in [-0.2, 0) is 0 Å². The van der Waals surface area contributed by atoms with Crippen LogP contribution in [-0.4, -0.2) is 44.8 Å². The van der Waals surface area contributed by atoms with Crippen LogP contribution in [0, 0.1) is 11.7 Å². The number of nitrogens with one attached hydrogen (secondary N) is 1. The van der Waals surface area contributed by atoms with Gasteiger partial charge in [-0.3, -0.25) is 9.89 Å². The van der Waals surface area contributed by atoms with Gasteiger partial charge in [-0.2, -0.15) is 5.10 Å². The summed E-state index contributed by atoms with van der Waals surface area (Å²) in [6.07, 6.45) is 5.21. The summed E-state index contributed by atoms with van der Waals surface area (Å²) in [6.45, 7) is 0.190. The lowest BCUT2D eigenvalue weighted by atomic mass is 9.90. The Morgan fingerprint density at radius 2 is 2.08 bits per heavy atom. The summed E-state index contributed by atoms with van der Waals surface area (Å²) in [5.41, 5.74) is 1.66. The number of aliphatic hydroxyl groups excluding tert-OH is 1. The predicted octanol–water partition coefficient (Wildman–Crippen LogP) is 2.59.